The minimum Gasteiger partial charge on any atom is -0.326 e. The lowest BCUT2D eigenvalue weighted by atomic mass is 10.2. The van der Waals surface area contributed by atoms with Crippen molar-refractivity contribution in [2.75, 3.05) is 0 Å². The number of fused-ring (bicyclic) bond motifs is 1. The Morgan fingerprint density at radius 2 is 2.15 bits per heavy atom. The van der Waals surface area contributed by atoms with Crippen molar-refractivity contribution >= 4 is 23.4 Å². The van der Waals surface area contributed by atoms with Gasteiger partial charge in [0, 0.05) is 24.4 Å². The molecule has 0 atom stereocenters. The first kappa shape index (κ1) is 13.9. The number of rotatable bonds is 3. The molecule has 0 unspecified atom stereocenters. The van der Waals surface area contributed by atoms with Crippen LogP contribution in [0.1, 0.15) is 30.7 Å². The van der Waals surface area contributed by atoms with Gasteiger partial charge in [-0.3, -0.25) is 0 Å². The average molecular weight is 309 g/mol. The van der Waals surface area contributed by atoms with Crippen LogP contribution in [0.2, 0.25) is 5.02 Å². The standard InChI is InChI=1S/C14H17ClN4S/c15-11-8-10(9-16)5-6-12(11)20-14-18-17-13-4-2-1-3-7-19(13)14/h5-6,8H,1-4,7,9,16H2. The summed E-state index contributed by atoms with van der Waals surface area (Å²) < 4.78 is 2.23. The molecular weight excluding hydrogens is 292 g/mol. The minimum absolute atomic E-state index is 0.505. The maximum Gasteiger partial charge on any atom is 0.196 e. The van der Waals surface area contributed by atoms with Gasteiger partial charge in [0.25, 0.3) is 0 Å². The van der Waals surface area contributed by atoms with Gasteiger partial charge < -0.3 is 10.3 Å². The molecule has 0 fully saturated rings. The number of hydrogen-bond donors (Lipinski definition) is 1. The van der Waals surface area contributed by atoms with Crippen LogP contribution in [0, 0.1) is 0 Å². The number of aryl methyl sites for hydroxylation is 1. The predicted octanol–water partition coefficient (Wildman–Crippen LogP) is 3.27. The molecular formula is C14H17ClN4S. The van der Waals surface area contributed by atoms with Gasteiger partial charge in [0.1, 0.15) is 5.82 Å². The summed E-state index contributed by atoms with van der Waals surface area (Å²) in [4.78, 5) is 1.00. The van der Waals surface area contributed by atoms with E-state index in [-0.39, 0.29) is 0 Å². The molecule has 0 aliphatic carbocycles. The first-order valence-electron chi connectivity index (χ1n) is 6.86. The van der Waals surface area contributed by atoms with Crippen LogP contribution in [0.4, 0.5) is 0 Å². The highest BCUT2D eigenvalue weighted by Gasteiger charge is 2.16. The summed E-state index contributed by atoms with van der Waals surface area (Å²) in [6, 6.07) is 5.94. The van der Waals surface area contributed by atoms with E-state index in [1.165, 1.54) is 19.3 Å². The third-order valence-electron chi connectivity index (χ3n) is 3.51. The number of nitrogens with two attached hydrogens (primary N) is 1. The van der Waals surface area contributed by atoms with Gasteiger partial charge in [0.15, 0.2) is 5.16 Å². The molecule has 1 aromatic carbocycles. The SMILES string of the molecule is NCc1ccc(Sc2nnc3n2CCCCC3)c(Cl)c1. The Kier molecular flexibility index (Phi) is 4.29. The summed E-state index contributed by atoms with van der Waals surface area (Å²) >= 11 is 7.89. The van der Waals surface area contributed by atoms with Crippen LogP contribution in [0.25, 0.3) is 0 Å². The molecule has 0 spiro atoms. The molecule has 20 heavy (non-hydrogen) atoms. The Morgan fingerprint density at radius 3 is 2.95 bits per heavy atom. The summed E-state index contributed by atoms with van der Waals surface area (Å²) in [6.45, 7) is 1.51. The molecule has 0 bridgehead atoms. The van der Waals surface area contributed by atoms with Gasteiger partial charge in [0.2, 0.25) is 0 Å². The quantitative estimate of drug-likeness (QED) is 0.945. The summed E-state index contributed by atoms with van der Waals surface area (Å²) in [6.07, 6.45) is 4.68. The van der Waals surface area contributed by atoms with Gasteiger partial charge >= 0.3 is 0 Å². The van der Waals surface area contributed by atoms with Crippen molar-refractivity contribution in [2.24, 2.45) is 5.73 Å². The van der Waals surface area contributed by atoms with E-state index in [1.807, 2.05) is 18.2 Å². The molecule has 1 aromatic heterocycles. The van der Waals surface area contributed by atoms with Gasteiger partial charge in [0.05, 0.1) is 5.02 Å². The van der Waals surface area contributed by atoms with E-state index in [0.717, 1.165) is 39.4 Å². The molecule has 0 saturated carbocycles. The lowest BCUT2D eigenvalue weighted by Crippen LogP contribution is -2.02. The number of nitrogens with zero attached hydrogens (tertiary/aromatic N) is 3. The smallest absolute Gasteiger partial charge is 0.196 e. The third kappa shape index (κ3) is 2.85. The molecule has 1 aliphatic heterocycles. The molecule has 0 radical (unpaired) electrons. The first-order chi connectivity index (χ1) is 9.78. The molecule has 4 nitrogen and oxygen atoms in total. The highest BCUT2D eigenvalue weighted by molar-refractivity contribution is 7.99. The summed E-state index contributed by atoms with van der Waals surface area (Å²) in [5.74, 6) is 1.10. The summed E-state index contributed by atoms with van der Waals surface area (Å²) in [5, 5.41) is 10.3. The Balaban J connectivity index is 1.86. The van der Waals surface area contributed by atoms with E-state index >= 15 is 0 Å². The van der Waals surface area contributed by atoms with Crippen molar-refractivity contribution in [3.05, 3.63) is 34.6 Å². The lowest BCUT2D eigenvalue weighted by Gasteiger charge is -2.08. The molecule has 2 heterocycles. The third-order valence-corrected chi connectivity index (χ3v) is 4.99. The van der Waals surface area contributed by atoms with Gasteiger partial charge in [-0.05, 0) is 42.3 Å². The van der Waals surface area contributed by atoms with Crippen LogP contribution in [0.15, 0.2) is 28.3 Å². The van der Waals surface area contributed by atoms with Crippen molar-refractivity contribution in [2.45, 2.75) is 48.8 Å². The van der Waals surface area contributed by atoms with Crippen molar-refractivity contribution in [3.8, 4) is 0 Å². The molecule has 0 saturated heterocycles. The maximum atomic E-state index is 6.31. The van der Waals surface area contributed by atoms with Gasteiger partial charge in [-0.15, -0.1) is 10.2 Å². The van der Waals surface area contributed by atoms with Crippen molar-refractivity contribution in [1.29, 1.82) is 0 Å². The second kappa shape index (κ2) is 6.16. The van der Waals surface area contributed by atoms with E-state index in [1.54, 1.807) is 11.8 Å². The Morgan fingerprint density at radius 1 is 1.25 bits per heavy atom. The Bertz CT molecular complexity index is 611. The number of halogens is 1. The average Bonchev–Trinajstić information content (AvgIpc) is 2.69. The molecule has 2 aromatic rings. The summed E-state index contributed by atoms with van der Waals surface area (Å²) in [7, 11) is 0. The summed E-state index contributed by atoms with van der Waals surface area (Å²) in [5.41, 5.74) is 6.66. The Hall–Kier alpha value is -1.04. The minimum atomic E-state index is 0.505. The zero-order valence-corrected chi connectivity index (χ0v) is 12.8. The van der Waals surface area contributed by atoms with Gasteiger partial charge in [-0.25, -0.2) is 0 Å². The monoisotopic (exact) mass is 308 g/mol. The van der Waals surface area contributed by atoms with E-state index in [0.29, 0.717) is 6.54 Å². The molecule has 1 aliphatic rings. The van der Waals surface area contributed by atoms with E-state index in [2.05, 4.69) is 14.8 Å². The fraction of sp³-hybridized carbons (Fsp3) is 0.429. The van der Waals surface area contributed by atoms with Gasteiger partial charge in [-0.1, -0.05) is 24.1 Å². The lowest BCUT2D eigenvalue weighted by molar-refractivity contribution is 0.591. The number of hydrogen-bond acceptors (Lipinski definition) is 4. The van der Waals surface area contributed by atoms with Crippen LogP contribution in [0.3, 0.4) is 0 Å². The van der Waals surface area contributed by atoms with Crippen LogP contribution >= 0.6 is 23.4 Å². The molecule has 6 heteroatoms. The molecule has 2 N–H and O–H groups in total. The van der Waals surface area contributed by atoms with E-state index in [4.69, 9.17) is 17.3 Å². The zero-order chi connectivity index (χ0) is 13.9. The van der Waals surface area contributed by atoms with Crippen LogP contribution in [0.5, 0.6) is 0 Å². The van der Waals surface area contributed by atoms with Crippen molar-refractivity contribution < 1.29 is 0 Å². The molecule has 106 valence electrons. The number of benzene rings is 1. The largest absolute Gasteiger partial charge is 0.326 e. The molecule has 0 amide bonds. The highest BCUT2D eigenvalue weighted by Crippen LogP contribution is 2.34. The topological polar surface area (TPSA) is 56.7 Å². The van der Waals surface area contributed by atoms with Crippen LogP contribution in [-0.2, 0) is 19.5 Å². The molecule has 3 rings (SSSR count). The maximum absolute atomic E-state index is 6.31. The predicted molar refractivity (Wildman–Crippen MR) is 81.0 cm³/mol. The first-order valence-corrected chi connectivity index (χ1v) is 8.06. The fourth-order valence-electron chi connectivity index (χ4n) is 2.39. The van der Waals surface area contributed by atoms with Crippen LogP contribution < -0.4 is 5.73 Å². The van der Waals surface area contributed by atoms with E-state index < -0.39 is 0 Å². The Labute approximate surface area is 127 Å². The van der Waals surface area contributed by atoms with E-state index in [9.17, 15) is 0 Å². The highest BCUT2D eigenvalue weighted by atomic mass is 35.5. The second-order valence-electron chi connectivity index (χ2n) is 4.93. The normalized spacial score (nSPS) is 14.9. The van der Waals surface area contributed by atoms with Crippen molar-refractivity contribution in [1.82, 2.24) is 14.8 Å². The fourth-order valence-corrected chi connectivity index (χ4v) is 3.58. The number of aromatic nitrogens is 3. The zero-order valence-electron chi connectivity index (χ0n) is 11.2. The van der Waals surface area contributed by atoms with Gasteiger partial charge in [-0.2, -0.15) is 0 Å². The van der Waals surface area contributed by atoms with Crippen LogP contribution in [-0.4, -0.2) is 14.8 Å². The van der Waals surface area contributed by atoms with Crippen molar-refractivity contribution in [3.63, 3.8) is 0 Å². The second-order valence-corrected chi connectivity index (χ2v) is 6.35.